The minimum absolute atomic E-state index is 0.180. The molecule has 25 heavy (non-hydrogen) atoms. The van der Waals surface area contributed by atoms with E-state index in [0.29, 0.717) is 33.7 Å². The van der Waals surface area contributed by atoms with Gasteiger partial charge in [-0.25, -0.2) is 4.39 Å². The van der Waals surface area contributed by atoms with E-state index in [-0.39, 0.29) is 18.3 Å². The summed E-state index contributed by atoms with van der Waals surface area (Å²) in [7, 11) is 3.16. The average molecular weight is 410 g/mol. The van der Waals surface area contributed by atoms with Crippen LogP contribution in [0.15, 0.2) is 40.9 Å². The molecule has 0 N–H and O–H groups in total. The summed E-state index contributed by atoms with van der Waals surface area (Å²) in [6.07, 6.45) is 0.863. The number of methoxy groups -OCH3 is 1. The number of ether oxygens (including phenoxy) is 2. The van der Waals surface area contributed by atoms with E-state index in [0.717, 1.165) is 6.42 Å². The van der Waals surface area contributed by atoms with E-state index >= 15 is 0 Å². The van der Waals surface area contributed by atoms with Gasteiger partial charge in [-0.2, -0.15) is 0 Å². The lowest BCUT2D eigenvalue weighted by molar-refractivity contribution is 0.0783. The van der Waals surface area contributed by atoms with Crippen LogP contribution >= 0.6 is 15.9 Å². The summed E-state index contributed by atoms with van der Waals surface area (Å²) in [5.41, 5.74) is 0.902. The Morgan fingerprint density at radius 3 is 2.64 bits per heavy atom. The molecule has 0 aromatic heterocycles. The van der Waals surface area contributed by atoms with Crippen molar-refractivity contribution in [3.8, 4) is 11.5 Å². The van der Waals surface area contributed by atoms with E-state index in [1.54, 1.807) is 37.4 Å². The smallest absolute Gasteiger partial charge is 0.254 e. The zero-order valence-electron chi connectivity index (χ0n) is 14.5. The Labute approximate surface area is 155 Å². The van der Waals surface area contributed by atoms with Gasteiger partial charge in [0.15, 0.2) is 11.5 Å². The van der Waals surface area contributed by atoms with E-state index in [2.05, 4.69) is 15.9 Å². The highest BCUT2D eigenvalue weighted by Crippen LogP contribution is 2.37. The Balaban J connectivity index is 2.23. The van der Waals surface area contributed by atoms with E-state index in [1.807, 2.05) is 6.92 Å². The molecule has 0 aliphatic carbocycles. The molecule has 0 heterocycles. The predicted octanol–water partition coefficient (Wildman–Crippen LogP) is 4.66. The summed E-state index contributed by atoms with van der Waals surface area (Å²) >= 11 is 3.43. The molecule has 0 unspecified atom stereocenters. The fraction of sp³-hybridized carbons (Fsp3) is 0.316. The average Bonchev–Trinajstić information content (AvgIpc) is 2.61. The Bertz CT molecular complexity index is 751. The highest BCUT2D eigenvalue weighted by Gasteiger charge is 2.19. The normalized spacial score (nSPS) is 10.4. The van der Waals surface area contributed by atoms with Gasteiger partial charge in [0.25, 0.3) is 5.91 Å². The number of carbonyl (C=O) groups is 1. The van der Waals surface area contributed by atoms with Gasteiger partial charge in [0.1, 0.15) is 5.82 Å². The second kappa shape index (κ2) is 8.85. The standard InChI is InChI=1S/C19H21BrFNO3/c1-4-9-25-18-15(20)10-14(11-17(18)24-3)19(23)22(2)12-13-7-5-6-8-16(13)21/h5-8,10-11H,4,9,12H2,1-3H3. The molecular weight excluding hydrogens is 389 g/mol. The van der Waals surface area contributed by atoms with Crippen LogP contribution < -0.4 is 9.47 Å². The predicted molar refractivity (Wildman–Crippen MR) is 98.7 cm³/mol. The summed E-state index contributed by atoms with van der Waals surface area (Å²) in [5, 5.41) is 0. The van der Waals surface area contributed by atoms with Gasteiger partial charge in [-0.05, 0) is 40.5 Å². The number of nitrogens with zero attached hydrogens (tertiary/aromatic N) is 1. The van der Waals surface area contributed by atoms with Crippen LogP contribution in [0.5, 0.6) is 11.5 Å². The largest absolute Gasteiger partial charge is 0.493 e. The second-order valence-electron chi connectivity index (χ2n) is 5.59. The lowest BCUT2D eigenvalue weighted by Gasteiger charge is -2.19. The molecule has 134 valence electrons. The van der Waals surface area contributed by atoms with Crippen molar-refractivity contribution in [2.24, 2.45) is 0 Å². The van der Waals surface area contributed by atoms with Gasteiger partial charge in [0.05, 0.1) is 18.2 Å². The van der Waals surface area contributed by atoms with Gasteiger partial charge in [-0.15, -0.1) is 0 Å². The van der Waals surface area contributed by atoms with Crippen LogP contribution in [0, 0.1) is 5.82 Å². The van der Waals surface area contributed by atoms with Crippen molar-refractivity contribution in [3.05, 3.63) is 57.8 Å². The summed E-state index contributed by atoms with van der Waals surface area (Å²) < 4.78 is 25.4. The fourth-order valence-electron chi connectivity index (χ4n) is 2.36. The molecule has 0 saturated heterocycles. The van der Waals surface area contributed by atoms with Crippen LogP contribution in [0.2, 0.25) is 0 Å². The summed E-state index contributed by atoms with van der Waals surface area (Å²) in [6.45, 7) is 2.74. The number of carbonyl (C=O) groups excluding carboxylic acids is 1. The van der Waals surface area contributed by atoms with E-state index in [1.165, 1.54) is 18.1 Å². The van der Waals surface area contributed by atoms with E-state index in [9.17, 15) is 9.18 Å². The zero-order valence-corrected chi connectivity index (χ0v) is 16.1. The van der Waals surface area contributed by atoms with Crippen LogP contribution in [0.1, 0.15) is 29.3 Å². The lowest BCUT2D eigenvalue weighted by Crippen LogP contribution is -2.26. The van der Waals surface area contributed by atoms with Gasteiger partial charge >= 0.3 is 0 Å². The molecule has 0 spiro atoms. The molecule has 4 nitrogen and oxygen atoms in total. The summed E-state index contributed by atoms with van der Waals surface area (Å²) in [6, 6.07) is 9.74. The molecule has 0 fully saturated rings. The van der Waals surface area contributed by atoms with Gasteiger partial charge in [-0.3, -0.25) is 4.79 Å². The highest BCUT2D eigenvalue weighted by atomic mass is 79.9. The molecule has 0 aliphatic rings. The van der Waals surface area contributed by atoms with Gasteiger partial charge in [0.2, 0.25) is 0 Å². The SMILES string of the molecule is CCCOc1c(Br)cc(C(=O)N(C)Cc2ccccc2F)cc1OC. The van der Waals surface area contributed by atoms with Crippen molar-refractivity contribution in [1.29, 1.82) is 0 Å². The minimum Gasteiger partial charge on any atom is -0.493 e. The topological polar surface area (TPSA) is 38.8 Å². The van der Waals surface area contributed by atoms with Crippen LogP contribution in [0.25, 0.3) is 0 Å². The van der Waals surface area contributed by atoms with Crippen molar-refractivity contribution in [1.82, 2.24) is 4.90 Å². The zero-order chi connectivity index (χ0) is 18.4. The van der Waals surface area contributed by atoms with Crippen molar-refractivity contribution in [2.45, 2.75) is 19.9 Å². The molecule has 2 aromatic rings. The first-order valence-electron chi connectivity index (χ1n) is 7.97. The maximum Gasteiger partial charge on any atom is 0.254 e. The van der Waals surface area contributed by atoms with E-state index in [4.69, 9.17) is 9.47 Å². The van der Waals surface area contributed by atoms with Crippen LogP contribution in [0.3, 0.4) is 0 Å². The molecule has 0 atom stereocenters. The minimum atomic E-state index is -0.329. The van der Waals surface area contributed by atoms with E-state index < -0.39 is 0 Å². The first-order valence-corrected chi connectivity index (χ1v) is 8.76. The summed E-state index contributed by atoms with van der Waals surface area (Å²) in [5.74, 6) is 0.483. The lowest BCUT2D eigenvalue weighted by atomic mass is 10.1. The van der Waals surface area contributed by atoms with Gasteiger partial charge in [0, 0.05) is 24.7 Å². The number of hydrogen-bond acceptors (Lipinski definition) is 3. The Morgan fingerprint density at radius 2 is 2.00 bits per heavy atom. The van der Waals surface area contributed by atoms with Gasteiger partial charge < -0.3 is 14.4 Å². The molecule has 2 aromatic carbocycles. The Morgan fingerprint density at radius 1 is 1.28 bits per heavy atom. The van der Waals surface area contributed by atoms with Crippen molar-refractivity contribution in [3.63, 3.8) is 0 Å². The van der Waals surface area contributed by atoms with Crippen LogP contribution in [-0.2, 0) is 6.54 Å². The maximum absolute atomic E-state index is 13.8. The Hall–Kier alpha value is -2.08. The molecule has 1 amide bonds. The molecular formula is C19H21BrFNO3. The molecule has 2 rings (SSSR count). The number of benzene rings is 2. The first-order chi connectivity index (χ1) is 12.0. The van der Waals surface area contributed by atoms with Crippen molar-refractivity contribution >= 4 is 21.8 Å². The number of halogens is 2. The monoisotopic (exact) mass is 409 g/mol. The van der Waals surface area contributed by atoms with Crippen molar-refractivity contribution in [2.75, 3.05) is 20.8 Å². The molecule has 0 aliphatic heterocycles. The maximum atomic E-state index is 13.8. The quantitative estimate of drug-likeness (QED) is 0.667. The highest BCUT2D eigenvalue weighted by molar-refractivity contribution is 9.10. The molecule has 6 heteroatoms. The number of hydrogen-bond donors (Lipinski definition) is 0. The third kappa shape index (κ3) is 4.72. The fourth-order valence-corrected chi connectivity index (χ4v) is 2.92. The van der Waals surface area contributed by atoms with Crippen LogP contribution in [-0.4, -0.2) is 31.6 Å². The summed E-state index contributed by atoms with van der Waals surface area (Å²) in [4.78, 5) is 14.2. The third-order valence-electron chi connectivity index (χ3n) is 3.64. The number of rotatable bonds is 7. The number of amides is 1. The Kier molecular flexibility index (Phi) is 6.82. The second-order valence-corrected chi connectivity index (χ2v) is 6.44. The molecule has 0 bridgehead atoms. The molecule has 0 radical (unpaired) electrons. The third-order valence-corrected chi connectivity index (χ3v) is 4.23. The van der Waals surface area contributed by atoms with Crippen LogP contribution in [0.4, 0.5) is 4.39 Å². The first kappa shape index (κ1) is 19.2. The van der Waals surface area contributed by atoms with Crippen molar-refractivity contribution < 1.29 is 18.7 Å². The molecule has 0 saturated carbocycles. The van der Waals surface area contributed by atoms with Gasteiger partial charge in [-0.1, -0.05) is 25.1 Å².